The highest BCUT2D eigenvalue weighted by Gasteiger charge is 2.40. The van der Waals surface area contributed by atoms with Crippen LogP contribution in [-0.4, -0.2) is 33.7 Å². The molecule has 2 aliphatic rings. The standard InChI is InChI=1S/C22H26N2O3S2/c1-24(29(26,27)20-11-9-19(28-2)10-12-20)18-7-5-16(6-8-18)22(25)23-21-14-15-3-4-17(21)13-15/h5-12,15,17,21H,3-4,13-14H2,1-2H3,(H,23,25)/t15-,17-,21-/m0/s1. The molecule has 2 aromatic carbocycles. The topological polar surface area (TPSA) is 66.5 Å². The van der Waals surface area contributed by atoms with Crippen LogP contribution in [0, 0.1) is 11.8 Å². The molecule has 2 bridgehead atoms. The first kappa shape index (κ1) is 20.3. The predicted octanol–water partition coefficient (Wildman–Crippen LogP) is 4.15. The number of fused-ring (bicyclic) bond motifs is 2. The Morgan fingerprint density at radius 3 is 2.28 bits per heavy atom. The minimum atomic E-state index is -3.65. The lowest BCUT2D eigenvalue weighted by Gasteiger charge is -2.23. The van der Waals surface area contributed by atoms with Crippen molar-refractivity contribution < 1.29 is 13.2 Å². The summed E-state index contributed by atoms with van der Waals surface area (Å²) >= 11 is 1.57. The van der Waals surface area contributed by atoms with E-state index in [9.17, 15) is 13.2 Å². The van der Waals surface area contributed by atoms with Gasteiger partial charge in [-0.1, -0.05) is 6.42 Å². The third kappa shape index (κ3) is 4.03. The zero-order valence-corrected chi connectivity index (χ0v) is 18.3. The molecule has 0 spiro atoms. The van der Waals surface area contributed by atoms with Gasteiger partial charge in [0.15, 0.2) is 0 Å². The number of nitrogens with one attached hydrogen (secondary N) is 1. The van der Waals surface area contributed by atoms with Crippen LogP contribution in [0.2, 0.25) is 0 Å². The molecule has 3 atom stereocenters. The molecule has 0 radical (unpaired) electrons. The van der Waals surface area contributed by atoms with Gasteiger partial charge in [0.1, 0.15) is 0 Å². The molecule has 0 heterocycles. The lowest BCUT2D eigenvalue weighted by Crippen LogP contribution is -2.38. The SMILES string of the molecule is CSc1ccc(S(=O)(=O)N(C)c2ccc(C(=O)N[C@H]3C[C@H]4CC[C@H]3C4)cc2)cc1. The Morgan fingerprint density at radius 2 is 1.72 bits per heavy atom. The van der Waals surface area contributed by atoms with E-state index in [0.29, 0.717) is 17.2 Å². The van der Waals surface area contributed by atoms with E-state index >= 15 is 0 Å². The fourth-order valence-electron chi connectivity index (χ4n) is 4.54. The molecule has 154 valence electrons. The van der Waals surface area contributed by atoms with Gasteiger partial charge in [0, 0.05) is 23.5 Å². The minimum absolute atomic E-state index is 0.0766. The quantitative estimate of drug-likeness (QED) is 0.699. The summed E-state index contributed by atoms with van der Waals surface area (Å²) in [7, 11) is -2.12. The van der Waals surface area contributed by atoms with Crippen LogP contribution in [0.1, 0.15) is 36.0 Å². The number of hydrogen-bond donors (Lipinski definition) is 1. The first-order valence-corrected chi connectivity index (χ1v) is 12.6. The molecule has 1 amide bonds. The van der Waals surface area contributed by atoms with E-state index in [1.54, 1.807) is 60.3 Å². The number of nitrogens with zero attached hydrogens (tertiary/aromatic N) is 1. The maximum absolute atomic E-state index is 12.9. The second-order valence-corrected chi connectivity index (χ2v) is 10.8. The van der Waals surface area contributed by atoms with Crippen LogP contribution in [-0.2, 0) is 10.0 Å². The van der Waals surface area contributed by atoms with Gasteiger partial charge in [-0.15, -0.1) is 11.8 Å². The van der Waals surface area contributed by atoms with Crippen LogP contribution in [0.15, 0.2) is 58.3 Å². The van der Waals surface area contributed by atoms with Crippen LogP contribution in [0.25, 0.3) is 0 Å². The summed E-state index contributed by atoms with van der Waals surface area (Å²) in [5.41, 5.74) is 1.09. The minimum Gasteiger partial charge on any atom is -0.349 e. The summed E-state index contributed by atoms with van der Waals surface area (Å²) in [6, 6.07) is 13.9. The predicted molar refractivity (Wildman–Crippen MR) is 117 cm³/mol. The summed E-state index contributed by atoms with van der Waals surface area (Å²) in [6.07, 6.45) is 6.79. The Bertz CT molecular complexity index is 988. The maximum Gasteiger partial charge on any atom is 0.264 e. The third-order valence-corrected chi connectivity index (χ3v) is 8.81. The molecule has 0 aromatic heterocycles. The molecule has 2 saturated carbocycles. The summed E-state index contributed by atoms with van der Waals surface area (Å²) in [5.74, 6) is 1.32. The van der Waals surface area contributed by atoms with E-state index in [4.69, 9.17) is 0 Å². The van der Waals surface area contributed by atoms with Gasteiger partial charge in [0.05, 0.1) is 10.6 Å². The van der Waals surface area contributed by atoms with Crippen molar-refractivity contribution in [3.63, 3.8) is 0 Å². The summed E-state index contributed by atoms with van der Waals surface area (Å²) in [4.78, 5) is 13.8. The first-order chi connectivity index (χ1) is 13.9. The van der Waals surface area contributed by atoms with Crippen LogP contribution in [0.5, 0.6) is 0 Å². The maximum atomic E-state index is 12.9. The average molecular weight is 431 g/mol. The Kier molecular flexibility index (Phi) is 5.62. The largest absolute Gasteiger partial charge is 0.349 e. The lowest BCUT2D eigenvalue weighted by atomic mass is 9.95. The van der Waals surface area contributed by atoms with Crippen molar-refractivity contribution in [2.45, 2.75) is 41.5 Å². The molecule has 2 aliphatic carbocycles. The van der Waals surface area contributed by atoms with Crippen molar-refractivity contribution in [1.82, 2.24) is 5.32 Å². The zero-order chi connectivity index (χ0) is 20.6. The number of carbonyl (C=O) groups is 1. The molecule has 29 heavy (non-hydrogen) atoms. The number of rotatable bonds is 6. The normalized spacial score (nSPS) is 23.2. The van der Waals surface area contributed by atoms with Crippen molar-refractivity contribution in [2.75, 3.05) is 17.6 Å². The van der Waals surface area contributed by atoms with Crippen molar-refractivity contribution in [2.24, 2.45) is 11.8 Å². The molecule has 0 saturated heterocycles. The third-order valence-electron chi connectivity index (χ3n) is 6.27. The van der Waals surface area contributed by atoms with Gasteiger partial charge in [-0.05, 0) is 85.9 Å². The average Bonchev–Trinajstić information content (AvgIpc) is 3.36. The zero-order valence-electron chi connectivity index (χ0n) is 16.7. The number of amides is 1. The van der Waals surface area contributed by atoms with E-state index in [1.807, 2.05) is 6.26 Å². The highest BCUT2D eigenvalue weighted by Crippen LogP contribution is 2.44. The Morgan fingerprint density at radius 1 is 1.03 bits per heavy atom. The van der Waals surface area contributed by atoms with E-state index < -0.39 is 10.0 Å². The summed E-state index contributed by atoms with van der Waals surface area (Å²) in [5, 5.41) is 3.17. The van der Waals surface area contributed by atoms with Crippen LogP contribution >= 0.6 is 11.8 Å². The van der Waals surface area contributed by atoms with E-state index in [-0.39, 0.29) is 16.8 Å². The van der Waals surface area contributed by atoms with Gasteiger partial charge in [0.25, 0.3) is 15.9 Å². The second-order valence-electron chi connectivity index (χ2n) is 7.95. The molecule has 0 unspecified atom stereocenters. The van der Waals surface area contributed by atoms with Crippen molar-refractivity contribution in [1.29, 1.82) is 0 Å². The number of thioether (sulfide) groups is 1. The number of benzene rings is 2. The van der Waals surface area contributed by atoms with Crippen molar-refractivity contribution in [3.8, 4) is 0 Å². The summed E-state index contributed by atoms with van der Waals surface area (Å²) < 4.78 is 27.0. The van der Waals surface area contributed by atoms with Gasteiger partial charge in [0.2, 0.25) is 0 Å². The van der Waals surface area contributed by atoms with Gasteiger partial charge in [-0.3, -0.25) is 9.10 Å². The molecular formula is C22H26N2O3S2. The highest BCUT2D eigenvalue weighted by molar-refractivity contribution is 7.98. The van der Waals surface area contributed by atoms with Crippen molar-refractivity contribution >= 4 is 33.4 Å². The number of anilines is 1. The van der Waals surface area contributed by atoms with E-state index in [0.717, 1.165) is 17.2 Å². The van der Waals surface area contributed by atoms with Crippen LogP contribution in [0.3, 0.4) is 0 Å². The second kappa shape index (κ2) is 8.03. The van der Waals surface area contributed by atoms with Gasteiger partial charge < -0.3 is 5.32 Å². The Labute approximate surface area is 176 Å². The molecule has 0 aliphatic heterocycles. The highest BCUT2D eigenvalue weighted by atomic mass is 32.2. The van der Waals surface area contributed by atoms with Gasteiger partial charge in [-0.25, -0.2) is 8.42 Å². The molecule has 4 rings (SSSR count). The molecule has 2 aromatic rings. The van der Waals surface area contributed by atoms with E-state index in [2.05, 4.69) is 5.32 Å². The van der Waals surface area contributed by atoms with Crippen LogP contribution < -0.4 is 9.62 Å². The number of carbonyl (C=O) groups excluding carboxylic acids is 1. The van der Waals surface area contributed by atoms with Crippen molar-refractivity contribution in [3.05, 3.63) is 54.1 Å². The fraction of sp³-hybridized carbons (Fsp3) is 0.409. The Hall–Kier alpha value is -1.99. The molecular weight excluding hydrogens is 404 g/mol. The fourth-order valence-corrected chi connectivity index (χ4v) is 6.14. The molecule has 5 nitrogen and oxygen atoms in total. The summed E-state index contributed by atoms with van der Waals surface area (Å²) in [6.45, 7) is 0. The first-order valence-electron chi connectivity index (χ1n) is 9.92. The number of sulfonamides is 1. The monoisotopic (exact) mass is 430 g/mol. The Balaban J connectivity index is 1.45. The molecule has 1 N–H and O–H groups in total. The van der Waals surface area contributed by atoms with E-state index in [1.165, 1.54) is 30.6 Å². The van der Waals surface area contributed by atoms with Gasteiger partial charge in [-0.2, -0.15) is 0 Å². The van der Waals surface area contributed by atoms with Gasteiger partial charge >= 0.3 is 0 Å². The van der Waals surface area contributed by atoms with Crippen LogP contribution in [0.4, 0.5) is 5.69 Å². The molecule has 7 heteroatoms. The lowest BCUT2D eigenvalue weighted by molar-refractivity contribution is 0.0923. The molecule has 2 fully saturated rings. The smallest absolute Gasteiger partial charge is 0.264 e. The number of hydrogen-bond acceptors (Lipinski definition) is 4.